The number of nitrogens with zero attached hydrogens (tertiary/aromatic N) is 1. The Hall–Kier alpha value is -1.75. The minimum absolute atomic E-state index is 0.0946. The molecule has 5 heteroatoms. The molecule has 0 bridgehead atoms. The van der Waals surface area contributed by atoms with Crippen molar-refractivity contribution in [3.63, 3.8) is 0 Å². The molecule has 3 rings (SSSR count). The molecule has 0 aromatic heterocycles. The zero-order chi connectivity index (χ0) is 16.8. The number of hydrogen-bond acceptors (Lipinski definition) is 3. The molecule has 1 aromatic rings. The fraction of sp³-hybridized carbons (Fsp3) is 0.632. The highest BCUT2D eigenvalue weighted by molar-refractivity contribution is 5.74. The average Bonchev–Trinajstić information content (AvgIpc) is 3.16. The van der Waals surface area contributed by atoms with Gasteiger partial charge in [0.25, 0.3) is 0 Å². The zero-order valence-corrected chi connectivity index (χ0v) is 14.6. The Bertz CT molecular complexity index is 537. The largest absolute Gasteiger partial charge is 0.381 e. The number of urea groups is 1. The number of benzene rings is 1. The van der Waals surface area contributed by atoms with Crippen molar-refractivity contribution >= 4 is 11.7 Å². The van der Waals surface area contributed by atoms with Crippen molar-refractivity contribution in [2.75, 3.05) is 31.2 Å². The number of nitrogens with one attached hydrogen (secondary N) is 2. The number of amides is 2. The molecule has 24 heavy (non-hydrogen) atoms. The Kier molecular flexibility index (Phi) is 5.96. The van der Waals surface area contributed by atoms with Gasteiger partial charge in [-0.15, -0.1) is 0 Å². The maximum Gasteiger partial charge on any atom is 0.315 e. The Balaban J connectivity index is 1.53. The summed E-state index contributed by atoms with van der Waals surface area (Å²) >= 11 is 0. The third kappa shape index (κ3) is 4.41. The quantitative estimate of drug-likeness (QED) is 0.872. The monoisotopic (exact) mass is 331 g/mol. The van der Waals surface area contributed by atoms with Gasteiger partial charge in [-0.25, -0.2) is 4.79 Å². The molecule has 2 aliphatic heterocycles. The summed E-state index contributed by atoms with van der Waals surface area (Å²) in [7, 11) is 0. The molecule has 0 spiro atoms. The normalized spacial score (nSPS) is 22.2. The van der Waals surface area contributed by atoms with Crippen LogP contribution in [0.3, 0.4) is 0 Å². The average molecular weight is 331 g/mol. The number of carbonyl (C=O) groups is 1. The Morgan fingerprint density at radius 1 is 1.29 bits per heavy atom. The fourth-order valence-corrected chi connectivity index (χ4v) is 3.60. The first kappa shape index (κ1) is 17.1. The van der Waals surface area contributed by atoms with Gasteiger partial charge in [0.1, 0.15) is 0 Å². The first-order valence-electron chi connectivity index (χ1n) is 9.19. The molecule has 0 aliphatic carbocycles. The van der Waals surface area contributed by atoms with E-state index < -0.39 is 0 Å². The molecule has 2 aliphatic rings. The lowest BCUT2D eigenvalue weighted by Gasteiger charge is -2.30. The minimum atomic E-state index is -0.0946. The van der Waals surface area contributed by atoms with Crippen LogP contribution in [0.2, 0.25) is 0 Å². The lowest BCUT2D eigenvalue weighted by Crippen LogP contribution is -2.44. The van der Waals surface area contributed by atoms with Crippen LogP contribution < -0.4 is 15.5 Å². The predicted molar refractivity (Wildman–Crippen MR) is 96.3 cm³/mol. The van der Waals surface area contributed by atoms with E-state index in [2.05, 4.69) is 40.7 Å². The van der Waals surface area contributed by atoms with Crippen LogP contribution in [0.1, 0.15) is 38.2 Å². The molecule has 132 valence electrons. The Morgan fingerprint density at radius 3 is 2.83 bits per heavy atom. The molecule has 1 aromatic carbocycles. The van der Waals surface area contributed by atoms with E-state index in [1.807, 2.05) is 6.07 Å². The van der Waals surface area contributed by atoms with Crippen LogP contribution in [0.25, 0.3) is 0 Å². The summed E-state index contributed by atoms with van der Waals surface area (Å²) in [5.74, 6) is 0.427. The second-order valence-corrected chi connectivity index (χ2v) is 6.92. The van der Waals surface area contributed by atoms with E-state index in [0.29, 0.717) is 12.5 Å². The van der Waals surface area contributed by atoms with Crippen molar-refractivity contribution < 1.29 is 9.53 Å². The number of ether oxygens (including phenoxy) is 1. The Labute approximate surface area is 144 Å². The summed E-state index contributed by atoms with van der Waals surface area (Å²) < 4.78 is 5.39. The van der Waals surface area contributed by atoms with Gasteiger partial charge >= 0.3 is 6.03 Å². The number of carbonyl (C=O) groups excluding carboxylic acids is 1. The third-order valence-electron chi connectivity index (χ3n) is 5.16. The summed E-state index contributed by atoms with van der Waals surface area (Å²) in [6.07, 6.45) is 4.85. The molecule has 0 unspecified atom stereocenters. The lowest BCUT2D eigenvalue weighted by atomic mass is 10.0. The molecule has 2 atom stereocenters. The van der Waals surface area contributed by atoms with Crippen molar-refractivity contribution in [1.82, 2.24) is 10.6 Å². The second kappa shape index (κ2) is 8.38. The number of anilines is 1. The van der Waals surface area contributed by atoms with Crippen LogP contribution in [0.5, 0.6) is 0 Å². The summed E-state index contributed by atoms with van der Waals surface area (Å²) in [5.41, 5.74) is 2.45. The van der Waals surface area contributed by atoms with Crippen molar-refractivity contribution in [2.45, 2.75) is 45.2 Å². The van der Waals surface area contributed by atoms with E-state index in [4.69, 9.17) is 4.74 Å². The topological polar surface area (TPSA) is 53.6 Å². The van der Waals surface area contributed by atoms with Crippen LogP contribution in [0.15, 0.2) is 24.3 Å². The fourth-order valence-electron chi connectivity index (χ4n) is 3.60. The van der Waals surface area contributed by atoms with E-state index in [1.54, 1.807) is 0 Å². The van der Waals surface area contributed by atoms with Gasteiger partial charge in [0, 0.05) is 43.9 Å². The van der Waals surface area contributed by atoms with Crippen molar-refractivity contribution in [3.8, 4) is 0 Å². The van der Waals surface area contributed by atoms with Crippen LogP contribution >= 0.6 is 0 Å². The molecule has 2 N–H and O–H groups in total. The van der Waals surface area contributed by atoms with Crippen molar-refractivity contribution in [3.05, 3.63) is 29.8 Å². The number of para-hydroxylation sites is 1. The van der Waals surface area contributed by atoms with Gasteiger partial charge in [0.15, 0.2) is 0 Å². The SMILES string of the molecule is C[C@@H](NC(=O)NCc1ccccc1N1CCCCC1)[C@H]1CCOC1. The van der Waals surface area contributed by atoms with Crippen molar-refractivity contribution in [1.29, 1.82) is 0 Å². The first-order valence-corrected chi connectivity index (χ1v) is 9.19. The highest BCUT2D eigenvalue weighted by Crippen LogP contribution is 2.24. The van der Waals surface area contributed by atoms with Gasteiger partial charge in [-0.3, -0.25) is 0 Å². The van der Waals surface area contributed by atoms with E-state index in [0.717, 1.165) is 32.7 Å². The van der Waals surface area contributed by atoms with Gasteiger partial charge in [-0.1, -0.05) is 18.2 Å². The van der Waals surface area contributed by atoms with Crippen LogP contribution in [-0.2, 0) is 11.3 Å². The molecular formula is C19H29N3O2. The minimum Gasteiger partial charge on any atom is -0.381 e. The van der Waals surface area contributed by atoms with E-state index in [-0.39, 0.29) is 12.1 Å². The maximum atomic E-state index is 12.2. The van der Waals surface area contributed by atoms with E-state index >= 15 is 0 Å². The second-order valence-electron chi connectivity index (χ2n) is 6.92. The molecule has 2 amide bonds. The van der Waals surface area contributed by atoms with Crippen LogP contribution in [-0.4, -0.2) is 38.4 Å². The third-order valence-corrected chi connectivity index (χ3v) is 5.16. The summed E-state index contributed by atoms with van der Waals surface area (Å²) in [6.45, 7) is 6.40. The van der Waals surface area contributed by atoms with Crippen molar-refractivity contribution in [2.24, 2.45) is 5.92 Å². The highest BCUT2D eigenvalue weighted by atomic mass is 16.5. The maximum absolute atomic E-state index is 12.2. The van der Waals surface area contributed by atoms with Crippen LogP contribution in [0, 0.1) is 5.92 Å². The molecular weight excluding hydrogens is 302 g/mol. The molecule has 0 radical (unpaired) electrons. The molecule has 2 heterocycles. The number of piperidine rings is 1. The molecule has 2 saturated heterocycles. The van der Waals surface area contributed by atoms with Gasteiger partial charge in [0.05, 0.1) is 6.61 Å². The Morgan fingerprint density at radius 2 is 2.08 bits per heavy atom. The molecule has 5 nitrogen and oxygen atoms in total. The number of hydrogen-bond donors (Lipinski definition) is 2. The summed E-state index contributed by atoms with van der Waals surface area (Å²) in [5, 5.41) is 6.06. The lowest BCUT2D eigenvalue weighted by molar-refractivity contribution is 0.178. The van der Waals surface area contributed by atoms with Crippen LogP contribution in [0.4, 0.5) is 10.5 Å². The summed E-state index contributed by atoms with van der Waals surface area (Å²) in [4.78, 5) is 14.6. The first-order chi connectivity index (χ1) is 11.7. The number of rotatable bonds is 5. The summed E-state index contributed by atoms with van der Waals surface area (Å²) in [6, 6.07) is 8.45. The van der Waals surface area contributed by atoms with E-state index in [9.17, 15) is 4.79 Å². The zero-order valence-electron chi connectivity index (χ0n) is 14.6. The van der Waals surface area contributed by atoms with Gasteiger partial charge < -0.3 is 20.3 Å². The van der Waals surface area contributed by atoms with E-state index in [1.165, 1.54) is 30.5 Å². The predicted octanol–water partition coefficient (Wildman–Crippen LogP) is 2.90. The van der Waals surface area contributed by atoms with Gasteiger partial charge in [0.2, 0.25) is 0 Å². The molecule has 0 saturated carbocycles. The van der Waals surface area contributed by atoms with Gasteiger partial charge in [-0.05, 0) is 44.2 Å². The molecule has 2 fully saturated rings. The highest BCUT2D eigenvalue weighted by Gasteiger charge is 2.23. The smallest absolute Gasteiger partial charge is 0.315 e. The van der Waals surface area contributed by atoms with Gasteiger partial charge in [-0.2, -0.15) is 0 Å². The standard InChI is InChI=1S/C19H29N3O2/c1-15(17-9-12-24-14-17)21-19(23)20-13-16-7-3-4-8-18(16)22-10-5-2-6-11-22/h3-4,7-8,15,17H,2,5-6,9-14H2,1H3,(H2,20,21,23)/t15-,17+/m1/s1.